The maximum atomic E-state index is 13.8. The third-order valence-electron chi connectivity index (χ3n) is 8.34. The van der Waals surface area contributed by atoms with E-state index in [1.807, 2.05) is 6.07 Å². The zero-order valence-electron chi connectivity index (χ0n) is 21.4. The van der Waals surface area contributed by atoms with E-state index < -0.39 is 29.5 Å². The number of aromatic nitrogens is 5. The Bertz CT molecular complexity index is 1760. The monoisotopic (exact) mass is 549 g/mol. The number of aliphatic hydroxyl groups is 1. The fourth-order valence-electron chi connectivity index (χ4n) is 6.07. The highest BCUT2D eigenvalue weighted by atomic mass is 19.4. The van der Waals surface area contributed by atoms with Crippen LogP contribution in [0.15, 0.2) is 54.0 Å². The van der Waals surface area contributed by atoms with Gasteiger partial charge in [-0.05, 0) is 60.6 Å². The number of alkyl halides is 3. The highest BCUT2D eigenvalue weighted by Gasteiger charge is 2.59. The van der Waals surface area contributed by atoms with Gasteiger partial charge in [0.2, 0.25) is 11.5 Å². The zero-order valence-corrected chi connectivity index (χ0v) is 21.4. The van der Waals surface area contributed by atoms with E-state index in [9.17, 15) is 23.1 Å². The average Bonchev–Trinajstić information content (AvgIpc) is 3.53. The molecule has 1 saturated carbocycles. The first-order valence-electron chi connectivity index (χ1n) is 13.1. The number of rotatable bonds is 5. The van der Waals surface area contributed by atoms with Gasteiger partial charge < -0.3 is 15.7 Å². The predicted octanol–water partition coefficient (Wildman–Crippen LogP) is 3.74. The first-order chi connectivity index (χ1) is 19.1. The molecule has 1 aliphatic heterocycles. The summed E-state index contributed by atoms with van der Waals surface area (Å²) in [7, 11) is 0. The number of benzene rings is 1. The highest BCUT2D eigenvalue weighted by molar-refractivity contribution is 5.77. The van der Waals surface area contributed by atoms with Crippen molar-refractivity contribution in [3.63, 3.8) is 0 Å². The summed E-state index contributed by atoms with van der Waals surface area (Å²) >= 11 is 0. The van der Waals surface area contributed by atoms with Gasteiger partial charge in [-0.2, -0.15) is 18.2 Å². The molecule has 0 amide bonds. The van der Waals surface area contributed by atoms with Gasteiger partial charge in [-0.3, -0.25) is 4.79 Å². The molecule has 0 radical (unpaired) electrons. The van der Waals surface area contributed by atoms with Crippen LogP contribution in [0.1, 0.15) is 41.6 Å². The van der Waals surface area contributed by atoms with Crippen molar-refractivity contribution in [3.05, 3.63) is 81.9 Å². The topological polar surface area (TPSA) is 110 Å². The Balaban J connectivity index is 1.32. The van der Waals surface area contributed by atoms with Gasteiger partial charge in [0.05, 0.1) is 12.2 Å². The standard InChI is InChI=1S/C28H26F3N7O2/c1-2-11-37-24(39)19-14-33-25(34-18-4-5-20-17(12-18)13-32-15-26(20)9-10-26)36-23(19)38(37)21-6-3-16-7-8-27(40,22(16)35-21)28(29,30)31/h2-6,12,14,32,40H,1,7-11,13,15H2,(H,33,34,36)/t27-/m1/s1. The molecule has 4 heterocycles. The van der Waals surface area contributed by atoms with Crippen molar-refractivity contribution in [1.29, 1.82) is 0 Å². The summed E-state index contributed by atoms with van der Waals surface area (Å²) in [5, 5.41) is 17.4. The maximum Gasteiger partial charge on any atom is 0.423 e. The van der Waals surface area contributed by atoms with E-state index in [2.05, 4.69) is 44.3 Å². The first kappa shape index (κ1) is 25.0. The van der Waals surface area contributed by atoms with Crippen LogP contribution in [-0.2, 0) is 30.5 Å². The number of aryl methyl sites for hydroxylation is 1. The molecule has 4 aromatic rings. The zero-order chi connectivity index (χ0) is 27.9. The lowest BCUT2D eigenvalue weighted by Gasteiger charge is -2.26. The molecule has 3 aliphatic rings. The summed E-state index contributed by atoms with van der Waals surface area (Å²) in [5.74, 6) is 0.242. The Labute approximate surface area is 226 Å². The number of nitrogens with one attached hydrogen (secondary N) is 2. The van der Waals surface area contributed by atoms with E-state index in [0.29, 0.717) is 5.56 Å². The molecular weight excluding hydrogens is 523 g/mol. The van der Waals surface area contributed by atoms with Crippen LogP contribution in [-0.4, -0.2) is 42.1 Å². The summed E-state index contributed by atoms with van der Waals surface area (Å²) < 4.78 is 44.1. The molecule has 7 rings (SSSR count). The minimum absolute atomic E-state index is 0.0245. The molecule has 206 valence electrons. The Morgan fingerprint density at radius 3 is 2.73 bits per heavy atom. The molecule has 12 heteroatoms. The van der Waals surface area contributed by atoms with E-state index in [1.165, 1.54) is 57.7 Å². The van der Waals surface area contributed by atoms with E-state index in [4.69, 9.17) is 0 Å². The Morgan fingerprint density at radius 1 is 1.15 bits per heavy atom. The molecule has 2 aliphatic carbocycles. The smallest absolute Gasteiger partial charge is 0.375 e. The van der Waals surface area contributed by atoms with Gasteiger partial charge in [0, 0.05) is 30.4 Å². The highest BCUT2D eigenvalue weighted by Crippen LogP contribution is 2.51. The van der Waals surface area contributed by atoms with Crippen molar-refractivity contribution < 1.29 is 18.3 Å². The van der Waals surface area contributed by atoms with Crippen molar-refractivity contribution in [3.8, 4) is 5.82 Å². The van der Waals surface area contributed by atoms with Gasteiger partial charge >= 0.3 is 6.18 Å². The van der Waals surface area contributed by atoms with Crippen LogP contribution in [0.3, 0.4) is 0 Å². The number of nitrogens with zero attached hydrogens (tertiary/aromatic N) is 5. The lowest BCUT2D eigenvalue weighted by molar-refractivity contribution is -0.266. The van der Waals surface area contributed by atoms with Gasteiger partial charge in [-0.1, -0.05) is 18.2 Å². The molecule has 1 fully saturated rings. The minimum atomic E-state index is -4.90. The molecule has 0 bridgehead atoms. The molecule has 1 atom stereocenters. The van der Waals surface area contributed by atoms with Crippen molar-refractivity contribution in [1.82, 2.24) is 29.6 Å². The van der Waals surface area contributed by atoms with E-state index in [0.717, 1.165) is 18.8 Å². The number of allylic oxidation sites excluding steroid dienone is 1. The Hall–Kier alpha value is -4.03. The minimum Gasteiger partial charge on any atom is -0.375 e. The van der Waals surface area contributed by atoms with Crippen LogP contribution in [0.25, 0.3) is 16.9 Å². The van der Waals surface area contributed by atoms with Crippen molar-refractivity contribution >= 4 is 22.7 Å². The second kappa shape index (κ2) is 8.48. The molecule has 3 N–H and O–H groups in total. The quantitative estimate of drug-likeness (QED) is 0.326. The van der Waals surface area contributed by atoms with Crippen LogP contribution in [0, 0.1) is 0 Å². The van der Waals surface area contributed by atoms with Gasteiger partial charge in [-0.15, -0.1) is 6.58 Å². The summed E-state index contributed by atoms with van der Waals surface area (Å²) in [6.07, 6.45) is -0.129. The fraction of sp³-hybridized carbons (Fsp3) is 0.357. The lowest BCUT2D eigenvalue weighted by Crippen LogP contribution is -2.41. The Kier molecular flexibility index (Phi) is 5.30. The van der Waals surface area contributed by atoms with Crippen LogP contribution in [0.2, 0.25) is 0 Å². The number of pyridine rings is 1. The fourth-order valence-corrected chi connectivity index (χ4v) is 6.07. The predicted molar refractivity (Wildman–Crippen MR) is 142 cm³/mol. The van der Waals surface area contributed by atoms with E-state index in [-0.39, 0.29) is 41.2 Å². The largest absolute Gasteiger partial charge is 0.423 e. The molecule has 9 nitrogen and oxygen atoms in total. The number of anilines is 2. The SMILES string of the molecule is C=CCn1c(=O)c2cnc(Nc3ccc4c(c3)CNCC43CC3)nc2n1-c1ccc2c(n1)[C@@](O)(C(F)(F)F)CC2. The maximum absolute atomic E-state index is 13.8. The Morgan fingerprint density at radius 2 is 1.98 bits per heavy atom. The third-order valence-corrected chi connectivity index (χ3v) is 8.34. The summed E-state index contributed by atoms with van der Waals surface area (Å²) in [4.78, 5) is 26.4. The lowest BCUT2D eigenvalue weighted by atomic mass is 9.88. The van der Waals surface area contributed by atoms with Gasteiger partial charge in [0.15, 0.2) is 11.5 Å². The normalized spacial score (nSPS) is 20.9. The van der Waals surface area contributed by atoms with E-state index in [1.54, 1.807) is 0 Å². The van der Waals surface area contributed by atoms with Crippen LogP contribution < -0.4 is 16.2 Å². The number of hydrogen-bond donors (Lipinski definition) is 3. The molecule has 3 aromatic heterocycles. The van der Waals surface area contributed by atoms with E-state index >= 15 is 0 Å². The summed E-state index contributed by atoms with van der Waals surface area (Å²) in [6, 6.07) is 9.21. The third kappa shape index (κ3) is 3.62. The second-order valence-electron chi connectivity index (χ2n) is 10.8. The number of fused-ring (bicyclic) bond motifs is 4. The number of hydrogen-bond acceptors (Lipinski definition) is 7. The van der Waals surface area contributed by atoms with Gasteiger partial charge in [0.25, 0.3) is 5.56 Å². The molecule has 1 spiro atoms. The number of halogens is 3. The summed E-state index contributed by atoms with van der Waals surface area (Å²) in [5.41, 5.74) is 0.118. The van der Waals surface area contributed by atoms with Crippen molar-refractivity contribution in [2.24, 2.45) is 0 Å². The first-order valence-corrected chi connectivity index (χ1v) is 13.1. The summed E-state index contributed by atoms with van der Waals surface area (Å²) in [6.45, 7) is 5.52. The van der Waals surface area contributed by atoms with Crippen LogP contribution in [0.5, 0.6) is 0 Å². The second-order valence-corrected chi connectivity index (χ2v) is 10.8. The van der Waals surface area contributed by atoms with Gasteiger partial charge in [-0.25, -0.2) is 19.3 Å². The molecule has 0 unspecified atom stereocenters. The van der Waals surface area contributed by atoms with Crippen LogP contribution in [0.4, 0.5) is 24.8 Å². The molecular formula is C28H26F3N7O2. The molecule has 40 heavy (non-hydrogen) atoms. The molecule has 0 saturated heterocycles. The average molecular weight is 550 g/mol. The van der Waals surface area contributed by atoms with Crippen molar-refractivity contribution in [2.45, 2.75) is 56.0 Å². The molecule has 1 aromatic carbocycles. The van der Waals surface area contributed by atoms with Crippen LogP contribution >= 0.6 is 0 Å². The van der Waals surface area contributed by atoms with Crippen molar-refractivity contribution in [2.75, 3.05) is 11.9 Å². The van der Waals surface area contributed by atoms with Gasteiger partial charge in [0.1, 0.15) is 5.39 Å².